The quantitative estimate of drug-likeness (QED) is 0.788. The summed E-state index contributed by atoms with van der Waals surface area (Å²) in [6.45, 7) is 2.24. The zero-order valence-corrected chi connectivity index (χ0v) is 13.2. The minimum atomic E-state index is -0.250. The molecule has 6 heteroatoms. The molecule has 0 radical (unpaired) electrons. The Morgan fingerprint density at radius 3 is 2.62 bits per heavy atom. The average Bonchev–Trinajstić information content (AvgIpc) is 2.92. The van der Waals surface area contributed by atoms with Crippen LogP contribution in [0.25, 0.3) is 0 Å². The summed E-state index contributed by atoms with van der Waals surface area (Å²) in [4.78, 5) is 12.9. The van der Waals surface area contributed by atoms with Gasteiger partial charge in [0, 0.05) is 11.4 Å². The van der Waals surface area contributed by atoms with Gasteiger partial charge in [0.25, 0.3) is 0 Å². The Kier molecular flexibility index (Phi) is 5.61. The second kappa shape index (κ2) is 7.45. The lowest BCUT2D eigenvalue weighted by Crippen LogP contribution is -2.36. The molecule has 0 aliphatic heterocycles. The Balaban J connectivity index is 1.87. The van der Waals surface area contributed by atoms with Crippen LogP contribution < -0.4 is 10.6 Å². The van der Waals surface area contributed by atoms with Gasteiger partial charge in [-0.05, 0) is 30.2 Å². The molecule has 112 valence electrons. The minimum Gasteiger partial charge on any atom is -0.392 e. The number of hydrogen-bond donors (Lipinski definition) is 3. The largest absolute Gasteiger partial charge is 0.392 e. The van der Waals surface area contributed by atoms with E-state index in [-0.39, 0.29) is 18.7 Å². The molecule has 0 saturated heterocycles. The second-order valence-electron chi connectivity index (χ2n) is 4.62. The first kappa shape index (κ1) is 15.8. The zero-order chi connectivity index (χ0) is 15.2. The third-order valence-electron chi connectivity index (χ3n) is 3.10. The van der Waals surface area contributed by atoms with Crippen molar-refractivity contribution in [2.24, 2.45) is 0 Å². The van der Waals surface area contributed by atoms with Crippen LogP contribution >= 0.6 is 22.9 Å². The third-order valence-corrected chi connectivity index (χ3v) is 4.51. The fourth-order valence-electron chi connectivity index (χ4n) is 1.94. The predicted molar refractivity (Wildman–Crippen MR) is 85.5 cm³/mol. The Morgan fingerprint density at radius 1 is 1.29 bits per heavy atom. The maximum Gasteiger partial charge on any atom is 0.315 e. The van der Waals surface area contributed by atoms with Gasteiger partial charge in [0.15, 0.2) is 0 Å². The molecule has 1 heterocycles. The lowest BCUT2D eigenvalue weighted by atomic mass is 10.1. The maximum absolute atomic E-state index is 11.9. The van der Waals surface area contributed by atoms with Gasteiger partial charge in [0.1, 0.15) is 0 Å². The second-order valence-corrected chi connectivity index (χ2v) is 6.36. The molecule has 1 unspecified atom stereocenters. The van der Waals surface area contributed by atoms with Gasteiger partial charge in [-0.3, -0.25) is 0 Å². The van der Waals surface area contributed by atoms with Gasteiger partial charge in [-0.15, -0.1) is 11.3 Å². The lowest BCUT2D eigenvalue weighted by molar-refractivity contribution is 0.237. The van der Waals surface area contributed by atoms with Crippen molar-refractivity contribution in [1.82, 2.24) is 10.6 Å². The molecular formula is C15H17ClN2O2S. The number of aliphatic hydroxyl groups is 1. The van der Waals surface area contributed by atoms with E-state index in [9.17, 15) is 9.90 Å². The number of benzene rings is 1. The molecule has 0 bridgehead atoms. The Morgan fingerprint density at radius 2 is 2.00 bits per heavy atom. The van der Waals surface area contributed by atoms with Gasteiger partial charge in [-0.1, -0.05) is 35.9 Å². The van der Waals surface area contributed by atoms with E-state index in [4.69, 9.17) is 11.6 Å². The van der Waals surface area contributed by atoms with E-state index in [1.807, 2.05) is 43.3 Å². The van der Waals surface area contributed by atoms with Crippen molar-refractivity contribution in [3.8, 4) is 0 Å². The van der Waals surface area contributed by atoms with Crippen LogP contribution in [0.1, 0.15) is 29.0 Å². The SMILES string of the molecule is CC(NC(=O)NCc1ccccc1CO)c1ccc(Cl)s1. The summed E-state index contributed by atoms with van der Waals surface area (Å²) in [5.41, 5.74) is 1.72. The number of hydrogen-bond acceptors (Lipinski definition) is 3. The maximum atomic E-state index is 11.9. The van der Waals surface area contributed by atoms with Crippen LogP contribution in [0.15, 0.2) is 36.4 Å². The molecule has 2 aromatic rings. The van der Waals surface area contributed by atoms with Crippen LogP contribution in [0.5, 0.6) is 0 Å². The van der Waals surface area contributed by atoms with E-state index in [0.717, 1.165) is 16.0 Å². The van der Waals surface area contributed by atoms with Crippen LogP contribution in [-0.4, -0.2) is 11.1 Å². The topological polar surface area (TPSA) is 61.4 Å². The molecule has 0 aliphatic rings. The molecule has 3 N–H and O–H groups in total. The van der Waals surface area contributed by atoms with E-state index < -0.39 is 0 Å². The van der Waals surface area contributed by atoms with E-state index in [1.54, 1.807) is 0 Å². The number of carbonyl (C=O) groups is 1. The zero-order valence-electron chi connectivity index (χ0n) is 11.6. The molecule has 0 aliphatic carbocycles. The summed E-state index contributed by atoms with van der Waals surface area (Å²) in [7, 11) is 0. The Bertz CT molecular complexity index is 615. The van der Waals surface area contributed by atoms with E-state index in [2.05, 4.69) is 10.6 Å². The Hall–Kier alpha value is -1.56. The van der Waals surface area contributed by atoms with Gasteiger partial charge < -0.3 is 15.7 Å². The van der Waals surface area contributed by atoms with Crippen LogP contribution in [0.3, 0.4) is 0 Å². The highest BCUT2D eigenvalue weighted by Crippen LogP contribution is 2.26. The summed E-state index contributed by atoms with van der Waals surface area (Å²) >= 11 is 7.33. The molecule has 21 heavy (non-hydrogen) atoms. The molecule has 2 rings (SSSR count). The van der Waals surface area contributed by atoms with Crippen molar-refractivity contribution < 1.29 is 9.90 Å². The first-order chi connectivity index (χ1) is 10.1. The molecular weight excluding hydrogens is 308 g/mol. The fourth-order valence-corrected chi connectivity index (χ4v) is 3.00. The van der Waals surface area contributed by atoms with Crippen molar-refractivity contribution in [2.75, 3.05) is 0 Å². The van der Waals surface area contributed by atoms with Crippen LogP contribution in [0.4, 0.5) is 4.79 Å². The standard InChI is InChI=1S/C15H17ClN2O2S/c1-10(13-6-7-14(16)21-13)18-15(20)17-8-11-4-2-3-5-12(11)9-19/h2-7,10,19H,8-9H2,1H3,(H2,17,18,20). The van der Waals surface area contributed by atoms with E-state index in [1.165, 1.54) is 11.3 Å². The third kappa shape index (κ3) is 4.46. The van der Waals surface area contributed by atoms with Crippen molar-refractivity contribution in [3.63, 3.8) is 0 Å². The average molecular weight is 325 g/mol. The van der Waals surface area contributed by atoms with Crippen molar-refractivity contribution >= 4 is 29.0 Å². The predicted octanol–water partition coefficient (Wildman–Crippen LogP) is 3.45. The minimum absolute atomic E-state index is 0.0381. The number of thiophene rings is 1. The monoisotopic (exact) mass is 324 g/mol. The number of carbonyl (C=O) groups excluding carboxylic acids is 1. The summed E-state index contributed by atoms with van der Waals surface area (Å²) < 4.78 is 0.705. The molecule has 0 fully saturated rings. The molecule has 4 nitrogen and oxygen atoms in total. The smallest absolute Gasteiger partial charge is 0.315 e. The summed E-state index contributed by atoms with van der Waals surface area (Å²) in [5.74, 6) is 0. The molecule has 1 aromatic heterocycles. The van der Waals surface area contributed by atoms with Crippen LogP contribution in [-0.2, 0) is 13.2 Å². The highest BCUT2D eigenvalue weighted by Gasteiger charge is 2.11. The van der Waals surface area contributed by atoms with Crippen molar-refractivity contribution in [3.05, 3.63) is 56.7 Å². The number of urea groups is 1. The normalized spacial score (nSPS) is 12.0. The van der Waals surface area contributed by atoms with Gasteiger partial charge in [0.05, 0.1) is 17.0 Å². The number of halogens is 1. The number of aliphatic hydroxyl groups excluding tert-OH is 1. The molecule has 1 aromatic carbocycles. The molecule has 1 atom stereocenters. The van der Waals surface area contributed by atoms with Crippen molar-refractivity contribution in [2.45, 2.75) is 26.1 Å². The van der Waals surface area contributed by atoms with Crippen LogP contribution in [0, 0.1) is 0 Å². The number of nitrogens with one attached hydrogen (secondary N) is 2. The Labute approximate surface area is 132 Å². The first-order valence-corrected chi connectivity index (χ1v) is 7.77. The van der Waals surface area contributed by atoms with Crippen LogP contribution in [0.2, 0.25) is 4.34 Å². The van der Waals surface area contributed by atoms with Gasteiger partial charge in [0.2, 0.25) is 0 Å². The summed E-state index contributed by atoms with van der Waals surface area (Å²) in [5, 5.41) is 14.9. The van der Waals surface area contributed by atoms with Crippen molar-refractivity contribution in [1.29, 1.82) is 0 Å². The summed E-state index contributed by atoms with van der Waals surface area (Å²) in [6.07, 6.45) is 0. The van der Waals surface area contributed by atoms with E-state index >= 15 is 0 Å². The van der Waals surface area contributed by atoms with E-state index in [0.29, 0.717) is 10.9 Å². The first-order valence-electron chi connectivity index (χ1n) is 6.57. The molecule has 0 spiro atoms. The lowest BCUT2D eigenvalue weighted by Gasteiger charge is -2.14. The summed E-state index contributed by atoms with van der Waals surface area (Å²) in [6, 6.07) is 10.8. The van der Waals surface area contributed by atoms with Gasteiger partial charge in [-0.2, -0.15) is 0 Å². The molecule has 0 saturated carbocycles. The van der Waals surface area contributed by atoms with Gasteiger partial charge in [-0.25, -0.2) is 4.79 Å². The highest BCUT2D eigenvalue weighted by molar-refractivity contribution is 7.16. The fraction of sp³-hybridized carbons (Fsp3) is 0.267. The van der Waals surface area contributed by atoms with Gasteiger partial charge >= 0.3 is 6.03 Å². The highest BCUT2D eigenvalue weighted by atomic mass is 35.5. The number of rotatable bonds is 5. The molecule has 2 amide bonds. The number of amides is 2.